The summed E-state index contributed by atoms with van der Waals surface area (Å²) >= 11 is 0. The minimum atomic E-state index is -0.641. The van der Waals surface area contributed by atoms with Crippen molar-refractivity contribution in [3.63, 3.8) is 0 Å². The van der Waals surface area contributed by atoms with Crippen LogP contribution in [0.5, 0.6) is 0 Å². The summed E-state index contributed by atoms with van der Waals surface area (Å²) in [6.07, 6.45) is 3.05. The largest absolute Gasteiger partial charge is 0.337 e. The summed E-state index contributed by atoms with van der Waals surface area (Å²) in [6.45, 7) is 3.59. The van der Waals surface area contributed by atoms with Crippen LogP contribution in [0.25, 0.3) is 11.5 Å². The molecule has 0 fully saturated rings. The molecule has 0 atom stereocenters. The predicted molar refractivity (Wildman–Crippen MR) is 52.5 cm³/mol. The van der Waals surface area contributed by atoms with Crippen LogP contribution in [-0.2, 0) is 5.54 Å². The van der Waals surface area contributed by atoms with E-state index in [9.17, 15) is 0 Å². The van der Waals surface area contributed by atoms with E-state index in [1.807, 2.05) is 0 Å². The highest BCUT2D eigenvalue weighted by Crippen LogP contribution is 2.18. The number of hydrogen-bond acceptors (Lipinski definition) is 6. The van der Waals surface area contributed by atoms with Crippen LogP contribution in [-0.4, -0.2) is 20.1 Å². The first kappa shape index (κ1) is 9.72. The van der Waals surface area contributed by atoms with E-state index < -0.39 is 5.54 Å². The molecule has 2 aromatic heterocycles. The summed E-state index contributed by atoms with van der Waals surface area (Å²) in [6, 6.07) is 1.71. The molecule has 0 spiro atoms. The summed E-state index contributed by atoms with van der Waals surface area (Å²) in [4.78, 5) is 12.0. The first-order valence-corrected chi connectivity index (χ1v) is 4.47. The number of aromatic nitrogens is 4. The summed E-state index contributed by atoms with van der Waals surface area (Å²) < 4.78 is 5.04. The Kier molecular flexibility index (Phi) is 2.20. The Bertz CT molecular complexity index is 445. The van der Waals surface area contributed by atoms with Gasteiger partial charge in [-0.2, -0.15) is 4.98 Å². The third kappa shape index (κ3) is 1.99. The van der Waals surface area contributed by atoms with Crippen LogP contribution in [0.15, 0.2) is 23.1 Å². The van der Waals surface area contributed by atoms with Crippen molar-refractivity contribution in [2.45, 2.75) is 19.4 Å². The highest BCUT2D eigenvalue weighted by Gasteiger charge is 2.22. The van der Waals surface area contributed by atoms with Crippen molar-refractivity contribution in [2.75, 3.05) is 0 Å². The zero-order valence-corrected chi connectivity index (χ0v) is 8.51. The molecule has 2 N–H and O–H groups in total. The first-order valence-electron chi connectivity index (χ1n) is 4.47. The molecule has 78 valence electrons. The first-order chi connectivity index (χ1) is 7.07. The maximum atomic E-state index is 5.82. The molecule has 6 heteroatoms. The standard InChI is InChI=1S/C9H11N5O/c1-9(2,10)8-13-7(14-15-8)6-3-4-11-5-12-6/h3-5H,10H2,1-2H3. The predicted octanol–water partition coefficient (Wildman–Crippen LogP) is 0.720. The van der Waals surface area contributed by atoms with Gasteiger partial charge >= 0.3 is 0 Å². The van der Waals surface area contributed by atoms with Gasteiger partial charge in [-0.3, -0.25) is 0 Å². The van der Waals surface area contributed by atoms with Gasteiger partial charge in [0, 0.05) is 6.20 Å². The minimum Gasteiger partial charge on any atom is -0.337 e. The van der Waals surface area contributed by atoms with E-state index in [4.69, 9.17) is 10.3 Å². The van der Waals surface area contributed by atoms with Crippen molar-refractivity contribution >= 4 is 0 Å². The van der Waals surface area contributed by atoms with Crippen molar-refractivity contribution in [2.24, 2.45) is 5.73 Å². The second-order valence-electron chi connectivity index (χ2n) is 3.74. The maximum absolute atomic E-state index is 5.82. The number of hydrogen-bond donors (Lipinski definition) is 1. The highest BCUT2D eigenvalue weighted by molar-refractivity contribution is 5.46. The van der Waals surface area contributed by atoms with Gasteiger partial charge in [0.1, 0.15) is 12.0 Å². The van der Waals surface area contributed by atoms with Crippen LogP contribution >= 0.6 is 0 Å². The normalized spacial score (nSPS) is 11.7. The fraction of sp³-hybridized carbons (Fsp3) is 0.333. The Balaban J connectivity index is 2.37. The smallest absolute Gasteiger partial charge is 0.246 e. The lowest BCUT2D eigenvalue weighted by Crippen LogP contribution is -2.28. The molecule has 2 rings (SSSR count). The third-order valence-electron chi connectivity index (χ3n) is 1.79. The fourth-order valence-electron chi connectivity index (χ4n) is 1.01. The summed E-state index contributed by atoms with van der Waals surface area (Å²) in [7, 11) is 0. The SMILES string of the molecule is CC(C)(N)c1nc(-c2ccncn2)no1. The average Bonchev–Trinajstić information content (AvgIpc) is 2.67. The Morgan fingerprint density at radius 1 is 1.40 bits per heavy atom. The van der Waals surface area contributed by atoms with Crippen LogP contribution < -0.4 is 5.73 Å². The molecule has 2 aromatic rings. The van der Waals surface area contributed by atoms with Gasteiger partial charge in [0.05, 0.1) is 5.54 Å². The van der Waals surface area contributed by atoms with E-state index in [0.29, 0.717) is 17.4 Å². The molecular formula is C9H11N5O. The molecule has 0 aliphatic heterocycles. The molecule has 0 saturated carbocycles. The van der Waals surface area contributed by atoms with Crippen molar-refractivity contribution in [1.82, 2.24) is 20.1 Å². The lowest BCUT2D eigenvalue weighted by Gasteiger charge is -2.10. The van der Waals surface area contributed by atoms with Gasteiger partial charge in [-0.25, -0.2) is 9.97 Å². The molecule has 2 heterocycles. The molecular weight excluding hydrogens is 194 g/mol. The van der Waals surface area contributed by atoms with Crippen molar-refractivity contribution < 1.29 is 4.52 Å². The van der Waals surface area contributed by atoms with Crippen molar-refractivity contribution in [1.29, 1.82) is 0 Å². The van der Waals surface area contributed by atoms with Gasteiger partial charge in [-0.15, -0.1) is 0 Å². The molecule has 6 nitrogen and oxygen atoms in total. The van der Waals surface area contributed by atoms with Gasteiger partial charge in [-0.1, -0.05) is 5.16 Å². The van der Waals surface area contributed by atoms with Gasteiger partial charge in [-0.05, 0) is 19.9 Å². The van der Waals surface area contributed by atoms with Crippen LogP contribution in [0, 0.1) is 0 Å². The fourth-order valence-corrected chi connectivity index (χ4v) is 1.01. The lowest BCUT2D eigenvalue weighted by molar-refractivity contribution is 0.312. The molecule has 15 heavy (non-hydrogen) atoms. The Morgan fingerprint density at radius 3 is 2.73 bits per heavy atom. The topological polar surface area (TPSA) is 90.7 Å². The Morgan fingerprint density at radius 2 is 2.20 bits per heavy atom. The number of rotatable bonds is 2. The molecule has 0 radical (unpaired) electrons. The average molecular weight is 205 g/mol. The van der Waals surface area contributed by atoms with E-state index in [-0.39, 0.29) is 0 Å². The number of nitrogens with two attached hydrogens (primary N) is 1. The van der Waals surface area contributed by atoms with E-state index in [1.165, 1.54) is 6.33 Å². The summed E-state index contributed by atoms with van der Waals surface area (Å²) in [5.41, 5.74) is 5.79. The van der Waals surface area contributed by atoms with E-state index in [1.54, 1.807) is 26.1 Å². The van der Waals surface area contributed by atoms with Gasteiger partial charge in [0.25, 0.3) is 0 Å². The Hall–Kier alpha value is -1.82. The minimum absolute atomic E-state index is 0.385. The van der Waals surface area contributed by atoms with Crippen molar-refractivity contribution in [3.05, 3.63) is 24.5 Å². The summed E-state index contributed by atoms with van der Waals surface area (Å²) in [5, 5.41) is 3.80. The number of nitrogens with zero attached hydrogens (tertiary/aromatic N) is 4. The zero-order valence-electron chi connectivity index (χ0n) is 8.51. The lowest BCUT2D eigenvalue weighted by atomic mass is 10.1. The van der Waals surface area contributed by atoms with Crippen LogP contribution in [0.1, 0.15) is 19.7 Å². The monoisotopic (exact) mass is 205 g/mol. The van der Waals surface area contributed by atoms with Crippen LogP contribution in [0.3, 0.4) is 0 Å². The van der Waals surface area contributed by atoms with E-state index in [0.717, 1.165) is 0 Å². The molecule has 0 bridgehead atoms. The molecule has 0 unspecified atom stereocenters. The molecule has 0 aliphatic carbocycles. The highest BCUT2D eigenvalue weighted by atomic mass is 16.5. The third-order valence-corrected chi connectivity index (χ3v) is 1.79. The zero-order chi connectivity index (χ0) is 10.9. The van der Waals surface area contributed by atoms with E-state index in [2.05, 4.69) is 20.1 Å². The van der Waals surface area contributed by atoms with Gasteiger partial charge in [0.15, 0.2) is 0 Å². The van der Waals surface area contributed by atoms with Gasteiger partial charge < -0.3 is 10.3 Å². The summed E-state index contributed by atoms with van der Waals surface area (Å²) in [5.74, 6) is 0.807. The van der Waals surface area contributed by atoms with Crippen LogP contribution in [0.2, 0.25) is 0 Å². The second kappa shape index (κ2) is 3.39. The Labute approximate surface area is 86.5 Å². The van der Waals surface area contributed by atoms with Crippen LogP contribution in [0.4, 0.5) is 0 Å². The second-order valence-corrected chi connectivity index (χ2v) is 3.74. The van der Waals surface area contributed by atoms with Crippen molar-refractivity contribution in [3.8, 4) is 11.5 Å². The molecule has 0 saturated heterocycles. The van der Waals surface area contributed by atoms with Gasteiger partial charge in [0.2, 0.25) is 11.7 Å². The maximum Gasteiger partial charge on any atom is 0.246 e. The van der Waals surface area contributed by atoms with E-state index >= 15 is 0 Å². The molecule has 0 aliphatic rings. The quantitative estimate of drug-likeness (QED) is 0.776. The molecule has 0 aromatic carbocycles. The molecule has 0 amide bonds.